The number of rotatable bonds is 4. The number of ether oxygens (including phenoxy) is 2. The maximum atomic E-state index is 12.1. The lowest BCUT2D eigenvalue weighted by molar-refractivity contribution is -0.166. The van der Waals surface area contributed by atoms with E-state index in [4.69, 9.17) is 9.47 Å². The molecule has 0 amide bonds. The van der Waals surface area contributed by atoms with E-state index in [0.29, 0.717) is 13.2 Å². The first kappa shape index (κ1) is 13.7. The third kappa shape index (κ3) is 2.39. The molecular formula is C13H20N2O4. The summed E-state index contributed by atoms with van der Waals surface area (Å²) in [5.41, 5.74) is 0.977. The van der Waals surface area contributed by atoms with E-state index < -0.39 is 12.1 Å². The Hall–Kier alpha value is -1.72. The van der Waals surface area contributed by atoms with Crippen molar-refractivity contribution in [2.45, 2.75) is 32.9 Å². The van der Waals surface area contributed by atoms with Gasteiger partial charge < -0.3 is 19.3 Å². The molecule has 2 unspecified atom stereocenters. The molecule has 106 valence electrons. The van der Waals surface area contributed by atoms with E-state index in [0.717, 1.165) is 18.8 Å². The van der Waals surface area contributed by atoms with E-state index in [9.17, 15) is 9.59 Å². The fraction of sp³-hybridized carbons (Fsp3) is 0.692. The predicted molar refractivity (Wildman–Crippen MR) is 68.0 cm³/mol. The number of allylic oxidation sites excluding steroid dienone is 1. The summed E-state index contributed by atoms with van der Waals surface area (Å²) in [5, 5.41) is 0. The van der Waals surface area contributed by atoms with Crippen LogP contribution in [-0.2, 0) is 19.1 Å². The molecule has 0 aromatic heterocycles. The first-order valence-corrected chi connectivity index (χ1v) is 6.64. The van der Waals surface area contributed by atoms with Crippen molar-refractivity contribution in [2.24, 2.45) is 0 Å². The molecule has 0 saturated carbocycles. The standard InChI is InChI=1S/C13H20N2O4/c1-4-18-12(16)10-11(13(17)19-5-2)15-7-6-14(10)8-9(15)3/h8,10-11H,4-7H2,1-3H3. The van der Waals surface area contributed by atoms with Crippen LogP contribution in [0.15, 0.2) is 11.9 Å². The monoisotopic (exact) mass is 268 g/mol. The van der Waals surface area contributed by atoms with Crippen LogP contribution in [-0.4, -0.2) is 60.1 Å². The van der Waals surface area contributed by atoms with Crippen LogP contribution in [0.3, 0.4) is 0 Å². The molecule has 6 nitrogen and oxygen atoms in total. The van der Waals surface area contributed by atoms with Crippen LogP contribution in [0.4, 0.5) is 0 Å². The smallest absolute Gasteiger partial charge is 0.331 e. The van der Waals surface area contributed by atoms with Gasteiger partial charge in [-0.2, -0.15) is 0 Å². The Balaban J connectivity index is 2.27. The fourth-order valence-corrected chi connectivity index (χ4v) is 2.68. The quantitative estimate of drug-likeness (QED) is 0.685. The lowest BCUT2D eigenvalue weighted by Crippen LogP contribution is -2.66. The minimum absolute atomic E-state index is 0.307. The molecular weight excluding hydrogens is 248 g/mol. The predicted octanol–water partition coefficient (Wildman–Crippen LogP) is 0.342. The summed E-state index contributed by atoms with van der Waals surface area (Å²) < 4.78 is 10.2. The lowest BCUT2D eigenvalue weighted by Gasteiger charge is -2.50. The Morgan fingerprint density at radius 2 is 1.74 bits per heavy atom. The van der Waals surface area contributed by atoms with Crippen LogP contribution in [0, 0.1) is 0 Å². The Bertz CT molecular complexity index is 407. The van der Waals surface area contributed by atoms with Crippen molar-refractivity contribution in [3.8, 4) is 0 Å². The van der Waals surface area contributed by atoms with E-state index in [-0.39, 0.29) is 11.9 Å². The van der Waals surface area contributed by atoms with Crippen molar-refractivity contribution in [2.75, 3.05) is 26.3 Å². The molecule has 0 aliphatic carbocycles. The highest BCUT2D eigenvalue weighted by Gasteiger charge is 2.49. The first-order valence-electron chi connectivity index (χ1n) is 6.64. The maximum absolute atomic E-state index is 12.1. The molecule has 19 heavy (non-hydrogen) atoms. The molecule has 3 aliphatic heterocycles. The van der Waals surface area contributed by atoms with Crippen molar-refractivity contribution < 1.29 is 19.1 Å². The number of hydrogen-bond acceptors (Lipinski definition) is 6. The van der Waals surface area contributed by atoms with Gasteiger partial charge in [-0.05, 0) is 20.8 Å². The van der Waals surface area contributed by atoms with Gasteiger partial charge in [0.05, 0.1) is 13.2 Å². The average molecular weight is 268 g/mol. The summed E-state index contributed by atoms with van der Waals surface area (Å²) in [6.07, 6.45) is 1.90. The summed E-state index contributed by atoms with van der Waals surface area (Å²) >= 11 is 0. The van der Waals surface area contributed by atoms with Gasteiger partial charge in [0.15, 0.2) is 12.1 Å². The largest absolute Gasteiger partial charge is 0.464 e. The number of carbonyl (C=O) groups excluding carboxylic acids is 2. The van der Waals surface area contributed by atoms with Crippen molar-refractivity contribution in [3.63, 3.8) is 0 Å². The van der Waals surface area contributed by atoms with Crippen molar-refractivity contribution in [1.29, 1.82) is 0 Å². The van der Waals surface area contributed by atoms with Gasteiger partial charge >= 0.3 is 11.9 Å². The topological polar surface area (TPSA) is 59.1 Å². The molecule has 0 spiro atoms. The molecule has 0 aromatic rings. The second-order valence-electron chi connectivity index (χ2n) is 4.60. The van der Waals surface area contributed by atoms with Crippen molar-refractivity contribution >= 4 is 11.9 Å². The molecule has 3 aliphatic rings. The lowest BCUT2D eigenvalue weighted by atomic mass is 9.98. The van der Waals surface area contributed by atoms with Gasteiger partial charge in [-0.15, -0.1) is 0 Å². The zero-order valence-electron chi connectivity index (χ0n) is 11.6. The highest BCUT2D eigenvalue weighted by Crippen LogP contribution is 2.29. The maximum Gasteiger partial charge on any atom is 0.331 e. The summed E-state index contributed by atoms with van der Waals surface area (Å²) in [7, 11) is 0. The van der Waals surface area contributed by atoms with Crippen LogP contribution in [0.25, 0.3) is 0 Å². The highest BCUT2D eigenvalue weighted by atomic mass is 16.5. The summed E-state index contributed by atoms with van der Waals surface area (Å²) in [6, 6.07) is -1.20. The van der Waals surface area contributed by atoms with Gasteiger partial charge in [0.25, 0.3) is 0 Å². The Morgan fingerprint density at radius 1 is 1.16 bits per heavy atom. The van der Waals surface area contributed by atoms with Gasteiger partial charge in [-0.3, -0.25) is 0 Å². The third-order valence-corrected chi connectivity index (χ3v) is 3.45. The summed E-state index contributed by atoms with van der Waals surface area (Å²) in [6.45, 7) is 7.51. The van der Waals surface area contributed by atoms with Crippen LogP contribution in [0.1, 0.15) is 20.8 Å². The second-order valence-corrected chi connectivity index (χ2v) is 4.60. The van der Waals surface area contributed by atoms with Crippen LogP contribution < -0.4 is 0 Å². The van der Waals surface area contributed by atoms with E-state index in [1.165, 1.54) is 0 Å². The van der Waals surface area contributed by atoms with Gasteiger partial charge in [-0.25, -0.2) is 9.59 Å². The normalized spacial score (nSPS) is 25.1. The summed E-state index contributed by atoms with van der Waals surface area (Å²) in [4.78, 5) is 28.0. The molecule has 6 heteroatoms. The molecule has 0 radical (unpaired) electrons. The van der Waals surface area contributed by atoms with Gasteiger partial charge in [0.2, 0.25) is 0 Å². The fourth-order valence-electron chi connectivity index (χ4n) is 2.68. The van der Waals surface area contributed by atoms with E-state index in [2.05, 4.69) is 0 Å². The van der Waals surface area contributed by atoms with Gasteiger partial charge in [0, 0.05) is 25.0 Å². The van der Waals surface area contributed by atoms with Crippen LogP contribution >= 0.6 is 0 Å². The van der Waals surface area contributed by atoms with Gasteiger partial charge in [-0.1, -0.05) is 0 Å². The average Bonchev–Trinajstić information content (AvgIpc) is 2.38. The molecule has 1 saturated heterocycles. The number of carbonyl (C=O) groups is 2. The van der Waals surface area contributed by atoms with Crippen molar-refractivity contribution in [3.05, 3.63) is 11.9 Å². The van der Waals surface area contributed by atoms with Crippen LogP contribution in [0.5, 0.6) is 0 Å². The minimum atomic E-state index is -0.601. The number of nitrogens with zero attached hydrogens (tertiary/aromatic N) is 2. The van der Waals surface area contributed by atoms with Gasteiger partial charge in [0.1, 0.15) is 0 Å². The Morgan fingerprint density at radius 3 is 2.26 bits per heavy atom. The SMILES string of the molecule is CCOC(=O)C1C(C(=O)OCC)N2CCN1C=C2C. The van der Waals surface area contributed by atoms with E-state index in [1.54, 1.807) is 13.8 Å². The third-order valence-electron chi connectivity index (χ3n) is 3.45. The minimum Gasteiger partial charge on any atom is -0.464 e. The zero-order valence-corrected chi connectivity index (χ0v) is 11.6. The molecule has 0 aromatic carbocycles. The highest BCUT2D eigenvalue weighted by molar-refractivity contribution is 5.88. The number of hydrogen-bond donors (Lipinski definition) is 0. The van der Waals surface area contributed by atoms with E-state index in [1.807, 2.05) is 22.9 Å². The van der Waals surface area contributed by atoms with Crippen LogP contribution in [0.2, 0.25) is 0 Å². The first-order chi connectivity index (χ1) is 9.10. The molecule has 0 N–H and O–H groups in total. The molecule has 2 atom stereocenters. The molecule has 1 fully saturated rings. The van der Waals surface area contributed by atoms with Crippen molar-refractivity contribution in [1.82, 2.24) is 9.80 Å². The van der Waals surface area contributed by atoms with E-state index >= 15 is 0 Å². The number of piperazine rings is 1. The Kier molecular flexibility index (Phi) is 3.97. The Labute approximate surface area is 112 Å². The molecule has 2 bridgehead atoms. The molecule has 3 heterocycles. The second kappa shape index (κ2) is 5.50. The molecule has 3 rings (SSSR count). The zero-order chi connectivity index (χ0) is 14.0. The summed E-state index contributed by atoms with van der Waals surface area (Å²) in [5.74, 6) is -0.730. The number of fused-ring (bicyclic) bond motifs is 2. The number of esters is 2.